The Morgan fingerprint density at radius 3 is 2.83 bits per heavy atom. The van der Waals surface area contributed by atoms with Crippen molar-refractivity contribution >= 4 is 11.6 Å². The van der Waals surface area contributed by atoms with E-state index in [0.717, 1.165) is 38.2 Å². The van der Waals surface area contributed by atoms with E-state index in [1.807, 2.05) is 11.0 Å². The Balaban J connectivity index is 1.69. The number of H-pyrrole nitrogens is 1. The first kappa shape index (κ1) is 16.6. The highest BCUT2D eigenvalue weighted by atomic mass is 16.2. The molecule has 1 atom stereocenters. The molecule has 3 rings (SSSR count). The molecule has 1 N–H and O–H groups in total. The van der Waals surface area contributed by atoms with Gasteiger partial charge in [0.25, 0.3) is 5.91 Å². The number of aromatic amines is 1. The fourth-order valence-electron chi connectivity index (χ4n) is 3.41. The first-order valence-corrected chi connectivity index (χ1v) is 8.76. The highest BCUT2D eigenvalue weighted by Crippen LogP contribution is 2.23. The van der Waals surface area contributed by atoms with Gasteiger partial charge in [0.05, 0.1) is 0 Å². The summed E-state index contributed by atoms with van der Waals surface area (Å²) in [6.45, 7) is 8.80. The van der Waals surface area contributed by atoms with Crippen LogP contribution in [0.2, 0.25) is 0 Å². The van der Waals surface area contributed by atoms with Gasteiger partial charge in [-0.25, -0.2) is 0 Å². The van der Waals surface area contributed by atoms with Crippen molar-refractivity contribution in [2.45, 2.75) is 39.7 Å². The van der Waals surface area contributed by atoms with E-state index >= 15 is 0 Å². The summed E-state index contributed by atoms with van der Waals surface area (Å²) in [4.78, 5) is 17.1. The number of hydrogen-bond acceptors (Lipinski definition) is 3. The number of aryl methyl sites for hydroxylation is 2. The van der Waals surface area contributed by atoms with Crippen molar-refractivity contribution in [1.82, 2.24) is 15.1 Å². The number of para-hydroxylation sites is 1. The maximum absolute atomic E-state index is 12.8. The van der Waals surface area contributed by atoms with E-state index in [4.69, 9.17) is 0 Å². The number of nitrogens with zero attached hydrogens (tertiary/aromatic N) is 3. The zero-order valence-electron chi connectivity index (χ0n) is 14.7. The summed E-state index contributed by atoms with van der Waals surface area (Å²) in [5.41, 5.74) is 4.11. The molecule has 5 nitrogen and oxygen atoms in total. The van der Waals surface area contributed by atoms with E-state index in [0.29, 0.717) is 5.69 Å². The SMILES string of the molecule is CCCc1cc(C(=O)N2CCN(c3ccccc3C)CC2C)n[nH]1. The predicted octanol–water partition coefficient (Wildman–Crippen LogP) is 3.02. The molecule has 1 aliphatic rings. The van der Waals surface area contributed by atoms with Crippen molar-refractivity contribution in [1.29, 1.82) is 0 Å². The van der Waals surface area contributed by atoms with E-state index in [1.165, 1.54) is 11.3 Å². The minimum atomic E-state index is 0.0329. The number of benzene rings is 1. The van der Waals surface area contributed by atoms with E-state index in [1.54, 1.807) is 0 Å². The number of nitrogens with one attached hydrogen (secondary N) is 1. The van der Waals surface area contributed by atoms with Gasteiger partial charge in [-0.3, -0.25) is 9.89 Å². The Labute approximate surface area is 143 Å². The minimum absolute atomic E-state index is 0.0329. The molecule has 1 unspecified atom stereocenters. The molecule has 2 aromatic rings. The van der Waals surface area contributed by atoms with Crippen LogP contribution in [0.3, 0.4) is 0 Å². The van der Waals surface area contributed by atoms with Gasteiger partial charge in [-0.15, -0.1) is 0 Å². The smallest absolute Gasteiger partial charge is 0.274 e. The number of carbonyl (C=O) groups excluding carboxylic acids is 1. The molecular formula is C19H26N4O. The molecule has 5 heteroatoms. The van der Waals surface area contributed by atoms with Gasteiger partial charge in [0.1, 0.15) is 5.69 Å². The minimum Gasteiger partial charge on any atom is -0.367 e. The van der Waals surface area contributed by atoms with Crippen LogP contribution in [-0.4, -0.2) is 46.7 Å². The van der Waals surface area contributed by atoms with Gasteiger partial charge >= 0.3 is 0 Å². The third-order valence-electron chi connectivity index (χ3n) is 4.71. The van der Waals surface area contributed by atoms with Crippen molar-refractivity contribution in [2.75, 3.05) is 24.5 Å². The molecule has 0 radical (unpaired) electrons. The highest BCUT2D eigenvalue weighted by Gasteiger charge is 2.29. The summed E-state index contributed by atoms with van der Waals surface area (Å²) < 4.78 is 0. The van der Waals surface area contributed by atoms with Crippen molar-refractivity contribution in [3.63, 3.8) is 0 Å². The Morgan fingerprint density at radius 2 is 2.12 bits per heavy atom. The zero-order chi connectivity index (χ0) is 17.1. The monoisotopic (exact) mass is 326 g/mol. The topological polar surface area (TPSA) is 52.2 Å². The summed E-state index contributed by atoms with van der Waals surface area (Å²) in [7, 11) is 0. The van der Waals surface area contributed by atoms with Gasteiger partial charge in [-0.1, -0.05) is 31.5 Å². The maximum atomic E-state index is 12.8. The van der Waals surface area contributed by atoms with Crippen LogP contribution in [0.4, 0.5) is 5.69 Å². The average molecular weight is 326 g/mol. The molecule has 24 heavy (non-hydrogen) atoms. The Kier molecular flexibility index (Phi) is 4.88. The van der Waals surface area contributed by atoms with Crippen molar-refractivity contribution < 1.29 is 4.79 Å². The van der Waals surface area contributed by atoms with Crippen LogP contribution in [0.15, 0.2) is 30.3 Å². The second-order valence-electron chi connectivity index (χ2n) is 6.61. The molecule has 2 heterocycles. The number of anilines is 1. The molecule has 0 spiro atoms. The fraction of sp³-hybridized carbons (Fsp3) is 0.474. The lowest BCUT2D eigenvalue weighted by molar-refractivity contribution is 0.0668. The van der Waals surface area contributed by atoms with E-state index < -0.39 is 0 Å². The van der Waals surface area contributed by atoms with Crippen LogP contribution in [-0.2, 0) is 6.42 Å². The Morgan fingerprint density at radius 1 is 1.33 bits per heavy atom. The second-order valence-corrected chi connectivity index (χ2v) is 6.61. The lowest BCUT2D eigenvalue weighted by Crippen LogP contribution is -2.54. The standard InChI is InChI=1S/C19H26N4O/c1-4-7-16-12-17(21-20-16)19(24)23-11-10-22(13-15(23)3)18-9-6-5-8-14(18)2/h5-6,8-9,12,15H,4,7,10-11,13H2,1-3H3,(H,20,21). The van der Waals surface area contributed by atoms with Crippen LogP contribution in [0.1, 0.15) is 42.0 Å². The van der Waals surface area contributed by atoms with Crippen molar-refractivity contribution in [3.05, 3.63) is 47.3 Å². The molecule has 0 bridgehead atoms. The normalized spacial score (nSPS) is 18.0. The summed E-state index contributed by atoms with van der Waals surface area (Å²) >= 11 is 0. The lowest BCUT2D eigenvalue weighted by atomic mass is 10.1. The summed E-state index contributed by atoms with van der Waals surface area (Å²) in [6, 6.07) is 10.5. The molecule has 1 saturated heterocycles. The van der Waals surface area contributed by atoms with Gasteiger partial charge in [0.15, 0.2) is 0 Å². The quantitative estimate of drug-likeness (QED) is 0.939. The summed E-state index contributed by atoms with van der Waals surface area (Å²) in [6.07, 6.45) is 1.97. The molecule has 1 aliphatic heterocycles. The van der Waals surface area contributed by atoms with Crippen LogP contribution in [0.5, 0.6) is 0 Å². The molecule has 1 fully saturated rings. The molecule has 0 saturated carbocycles. The Bertz CT molecular complexity index is 709. The zero-order valence-corrected chi connectivity index (χ0v) is 14.7. The van der Waals surface area contributed by atoms with Crippen LogP contribution >= 0.6 is 0 Å². The Hall–Kier alpha value is -2.30. The van der Waals surface area contributed by atoms with Gasteiger partial charge in [-0.05, 0) is 38.0 Å². The first-order chi connectivity index (χ1) is 11.6. The van der Waals surface area contributed by atoms with Crippen molar-refractivity contribution in [3.8, 4) is 0 Å². The molecule has 0 aliphatic carbocycles. The molecule has 128 valence electrons. The fourth-order valence-corrected chi connectivity index (χ4v) is 3.41. The number of piperazine rings is 1. The van der Waals surface area contributed by atoms with Crippen LogP contribution in [0, 0.1) is 6.92 Å². The van der Waals surface area contributed by atoms with Gasteiger partial charge in [0, 0.05) is 37.1 Å². The van der Waals surface area contributed by atoms with E-state index in [9.17, 15) is 4.79 Å². The number of aromatic nitrogens is 2. The third kappa shape index (κ3) is 3.30. The summed E-state index contributed by atoms with van der Waals surface area (Å²) in [5, 5.41) is 7.18. The second kappa shape index (κ2) is 7.07. The first-order valence-electron chi connectivity index (χ1n) is 8.76. The van der Waals surface area contributed by atoms with E-state index in [-0.39, 0.29) is 11.9 Å². The van der Waals surface area contributed by atoms with Crippen molar-refractivity contribution in [2.24, 2.45) is 0 Å². The van der Waals surface area contributed by atoms with Crippen LogP contribution < -0.4 is 4.90 Å². The van der Waals surface area contributed by atoms with Crippen LogP contribution in [0.25, 0.3) is 0 Å². The van der Waals surface area contributed by atoms with E-state index in [2.05, 4.69) is 60.1 Å². The summed E-state index contributed by atoms with van der Waals surface area (Å²) in [5.74, 6) is 0.0329. The number of amides is 1. The van der Waals surface area contributed by atoms with Gasteiger partial charge < -0.3 is 9.80 Å². The third-order valence-corrected chi connectivity index (χ3v) is 4.71. The number of hydrogen-bond donors (Lipinski definition) is 1. The number of rotatable bonds is 4. The predicted molar refractivity (Wildman–Crippen MR) is 96.5 cm³/mol. The largest absolute Gasteiger partial charge is 0.367 e. The average Bonchev–Trinajstić information content (AvgIpc) is 3.04. The van der Waals surface area contributed by atoms with Gasteiger partial charge in [0.2, 0.25) is 0 Å². The highest BCUT2D eigenvalue weighted by molar-refractivity contribution is 5.92. The number of carbonyl (C=O) groups is 1. The lowest BCUT2D eigenvalue weighted by Gasteiger charge is -2.41. The molecule has 1 amide bonds. The molecule has 1 aromatic heterocycles. The van der Waals surface area contributed by atoms with Gasteiger partial charge in [-0.2, -0.15) is 5.10 Å². The molecule has 1 aromatic carbocycles. The maximum Gasteiger partial charge on any atom is 0.274 e. The molecular weight excluding hydrogens is 300 g/mol.